The Hall–Kier alpha value is -4.82. The number of methoxy groups -OCH3 is 2. The molecule has 8 nitrogen and oxygen atoms in total. The van der Waals surface area contributed by atoms with Crippen molar-refractivity contribution in [2.24, 2.45) is 0 Å². The molecule has 0 spiro atoms. The number of aryl methyl sites for hydroxylation is 1. The molecule has 4 amide bonds. The van der Waals surface area contributed by atoms with Crippen LogP contribution in [0.5, 0.6) is 17.2 Å². The molecule has 202 valence electrons. The summed E-state index contributed by atoms with van der Waals surface area (Å²) in [5.74, 6) is -0.606. The number of hydrogen-bond acceptors (Lipinski definition) is 6. The number of benzene rings is 4. The van der Waals surface area contributed by atoms with Gasteiger partial charge in [-0.2, -0.15) is 0 Å². The summed E-state index contributed by atoms with van der Waals surface area (Å²) in [6, 6.07) is 21.2. The highest BCUT2D eigenvalue weighted by atomic mass is 35.5. The molecule has 0 unspecified atom stereocenters. The second kappa shape index (κ2) is 11.1. The third-order valence-corrected chi connectivity index (χ3v) is 6.94. The van der Waals surface area contributed by atoms with Gasteiger partial charge in [0.2, 0.25) is 0 Å². The van der Waals surface area contributed by atoms with Gasteiger partial charge in [0.05, 0.1) is 24.9 Å². The summed E-state index contributed by atoms with van der Waals surface area (Å²) < 4.78 is 16.6. The minimum Gasteiger partial charge on any atom is -0.495 e. The molecule has 1 saturated heterocycles. The number of nitrogens with one attached hydrogen (secondary N) is 1. The van der Waals surface area contributed by atoms with E-state index >= 15 is 0 Å². The third kappa shape index (κ3) is 5.09. The molecule has 1 N–H and O–H groups in total. The number of halogens is 1. The topological polar surface area (TPSA) is 94.2 Å². The number of carbonyl (C=O) groups excluding carboxylic acids is 3. The number of rotatable bonds is 7. The highest BCUT2D eigenvalue weighted by molar-refractivity contribution is 6.39. The average Bonchev–Trinajstić information content (AvgIpc) is 2.95. The molecule has 4 aromatic rings. The Morgan fingerprint density at radius 1 is 0.900 bits per heavy atom. The second-order valence-corrected chi connectivity index (χ2v) is 9.46. The molecule has 4 aromatic carbocycles. The first-order valence-electron chi connectivity index (χ1n) is 12.3. The lowest BCUT2D eigenvalue weighted by molar-refractivity contribution is -0.122. The minimum absolute atomic E-state index is 0.0807. The van der Waals surface area contributed by atoms with E-state index in [-0.39, 0.29) is 27.8 Å². The Morgan fingerprint density at radius 3 is 2.35 bits per heavy atom. The number of ether oxygens (including phenoxy) is 3. The summed E-state index contributed by atoms with van der Waals surface area (Å²) in [5.41, 5.74) is 2.67. The predicted octanol–water partition coefficient (Wildman–Crippen LogP) is 6.06. The molecule has 0 aromatic heterocycles. The van der Waals surface area contributed by atoms with Gasteiger partial charge < -0.3 is 14.2 Å². The number of amides is 4. The van der Waals surface area contributed by atoms with E-state index in [1.807, 2.05) is 12.1 Å². The van der Waals surface area contributed by atoms with Crippen molar-refractivity contribution in [2.75, 3.05) is 19.1 Å². The fraction of sp³-hybridized carbons (Fsp3) is 0.129. The summed E-state index contributed by atoms with van der Waals surface area (Å²) in [6.45, 7) is 2.44. The van der Waals surface area contributed by atoms with Gasteiger partial charge in [-0.3, -0.25) is 14.9 Å². The molecule has 0 atom stereocenters. The quantitative estimate of drug-likeness (QED) is 0.219. The molecule has 1 aliphatic rings. The standard InChI is InChI=1S/C31H25ClN2O6/c1-18-8-11-20-6-4-5-7-22(20)24(18)17-40-21-12-9-19(10-13-21)14-23-29(35)33-31(37)34(30(23)36)26-16-27(38-2)25(32)15-28(26)39-3/h4-16H,17H2,1-3H3,(H,33,35,37)/b23-14+. The smallest absolute Gasteiger partial charge is 0.336 e. The first-order chi connectivity index (χ1) is 19.3. The normalized spacial score (nSPS) is 14.4. The number of carbonyl (C=O) groups is 3. The van der Waals surface area contributed by atoms with Gasteiger partial charge in [0, 0.05) is 17.7 Å². The number of anilines is 1. The van der Waals surface area contributed by atoms with Crippen LogP contribution in [0.1, 0.15) is 16.7 Å². The van der Waals surface area contributed by atoms with Gasteiger partial charge in [-0.25, -0.2) is 9.69 Å². The molecule has 40 heavy (non-hydrogen) atoms. The van der Waals surface area contributed by atoms with Crippen LogP contribution < -0.4 is 24.4 Å². The van der Waals surface area contributed by atoms with E-state index in [1.54, 1.807) is 24.3 Å². The van der Waals surface area contributed by atoms with Crippen LogP contribution in [0.15, 0.2) is 78.4 Å². The van der Waals surface area contributed by atoms with E-state index < -0.39 is 17.8 Å². The van der Waals surface area contributed by atoms with Crippen LogP contribution in [0.2, 0.25) is 5.02 Å². The van der Waals surface area contributed by atoms with Crippen molar-refractivity contribution < 1.29 is 28.6 Å². The first-order valence-corrected chi connectivity index (χ1v) is 12.7. The monoisotopic (exact) mass is 556 g/mol. The summed E-state index contributed by atoms with van der Waals surface area (Å²) in [5, 5.41) is 4.72. The Morgan fingerprint density at radius 2 is 1.62 bits per heavy atom. The molecule has 9 heteroatoms. The van der Waals surface area contributed by atoms with Crippen LogP contribution in [0, 0.1) is 6.92 Å². The zero-order chi connectivity index (χ0) is 28.4. The summed E-state index contributed by atoms with van der Waals surface area (Å²) >= 11 is 6.17. The Kier molecular flexibility index (Phi) is 7.44. The van der Waals surface area contributed by atoms with Crippen molar-refractivity contribution in [1.82, 2.24) is 5.32 Å². The molecule has 0 bridgehead atoms. The molecule has 1 fully saturated rings. The van der Waals surface area contributed by atoms with Crippen molar-refractivity contribution in [3.05, 3.63) is 100 Å². The van der Waals surface area contributed by atoms with Gasteiger partial charge in [0.1, 0.15) is 29.4 Å². The summed E-state index contributed by atoms with van der Waals surface area (Å²) in [6.07, 6.45) is 1.41. The molecule has 1 heterocycles. The second-order valence-electron chi connectivity index (χ2n) is 9.06. The third-order valence-electron chi connectivity index (χ3n) is 6.64. The zero-order valence-electron chi connectivity index (χ0n) is 22.0. The SMILES string of the molecule is COc1cc(N2C(=O)NC(=O)/C(=C\c3ccc(OCc4c(C)ccc5ccccc45)cc3)C2=O)c(OC)cc1Cl. The van der Waals surface area contributed by atoms with E-state index in [4.69, 9.17) is 25.8 Å². The van der Waals surface area contributed by atoms with Crippen LogP contribution in [0.25, 0.3) is 16.8 Å². The lowest BCUT2D eigenvalue weighted by atomic mass is 10.0. The first kappa shape index (κ1) is 26.8. The Bertz CT molecular complexity index is 1680. The average molecular weight is 557 g/mol. The molecular formula is C31H25ClN2O6. The van der Waals surface area contributed by atoms with Crippen LogP contribution >= 0.6 is 11.6 Å². The lowest BCUT2D eigenvalue weighted by Crippen LogP contribution is -2.54. The van der Waals surface area contributed by atoms with E-state index in [1.165, 1.54) is 32.4 Å². The number of barbiturate groups is 1. The van der Waals surface area contributed by atoms with Crippen molar-refractivity contribution in [1.29, 1.82) is 0 Å². The highest BCUT2D eigenvalue weighted by Crippen LogP contribution is 2.39. The van der Waals surface area contributed by atoms with Crippen molar-refractivity contribution in [3.8, 4) is 17.2 Å². The van der Waals surface area contributed by atoms with Crippen LogP contribution in [-0.4, -0.2) is 32.1 Å². The van der Waals surface area contributed by atoms with E-state index in [9.17, 15) is 14.4 Å². The fourth-order valence-corrected chi connectivity index (χ4v) is 4.75. The number of imide groups is 2. The Labute approximate surface area is 235 Å². The van der Waals surface area contributed by atoms with Gasteiger partial charge in [0.15, 0.2) is 0 Å². The van der Waals surface area contributed by atoms with Gasteiger partial charge in [-0.05, 0) is 47.0 Å². The largest absolute Gasteiger partial charge is 0.495 e. The maximum Gasteiger partial charge on any atom is 0.336 e. The van der Waals surface area contributed by atoms with E-state index in [2.05, 4.69) is 36.5 Å². The zero-order valence-corrected chi connectivity index (χ0v) is 22.7. The Balaban J connectivity index is 1.39. The molecule has 0 aliphatic carbocycles. The number of hydrogen-bond donors (Lipinski definition) is 1. The van der Waals surface area contributed by atoms with Gasteiger partial charge in [0.25, 0.3) is 11.8 Å². The van der Waals surface area contributed by atoms with Crippen molar-refractivity contribution in [2.45, 2.75) is 13.5 Å². The van der Waals surface area contributed by atoms with E-state index in [0.717, 1.165) is 26.8 Å². The van der Waals surface area contributed by atoms with Crippen LogP contribution in [0.3, 0.4) is 0 Å². The molecule has 1 aliphatic heterocycles. The van der Waals surface area contributed by atoms with Crippen LogP contribution in [0.4, 0.5) is 10.5 Å². The molecule has 0 saturated carbocycles. The van der Waals surface area contributed by atoms with Crippen molar-refractivity contribution in [3.63, 3.8) is 0 Å². The van der Waals surface area contributed by atoms with Gasteiger partial charge >= 0.3 is 6.03 Å². The van der Waals surface area contributed by atoms with Gasteiger partial charge in [-0.1, -0.05) is 60.1 Å². The van der Waals surface area contributed by atoms with E-state index in [0.29, 0.717) is 17.9 Å². The maximum atomic E-state index is 13.4. The lowest BCUT2D eigenvalue weighted by Gasteiger charge is -2.28. The molecular weight excluding hydrogens is 532 g/mol. The fourth-order valence-electron chi connectivity index (χ4n) is 4.51. The number of fused-ring (bicyclic) bond motifs is 1. The minimum atomic E-state index is -0.915. The number of nitrogens with zero attached hydrogens (tertiary/aromatic N) is 1. The molecule has 5 rings (SSSR count). The van der Waals surface area contributed by atoms with Crippen molar-refractivity contribution >= 4 is 52.0 Å². The molecule has 0 radical (unpaired) electrons. The predicted molar refractivity (Wildman–Crippen MR) is 153 cm³/mol. The van der Waals surface area contributed by atoms with Crippen LogP contribution in [-0.2, 0) is 16.2 Å². The summed E-state index contributed by atoms with van der Waals surface area (Å²) in [4.78, 5) is 39.6. The van der Waals surface area contributed by atoms with Gasteiger partial charge in [-0.15, -0.1) is 0 Å². The maximum absolute atomic E-state index is 13.4. The summed E-state index contributed by atoms with van der Waals surface area (Å²) in [7, 11) is 2.78. The highest BCUT2D eigenvalue weighted by Gasteiger charge is 2.38. The number of urea groups is 1.